The molecule has 0 aliphatic heterocycles. The van der Waals surface area contributed by atoms with Gasteiger partial charge in [-0.25, -0.2) is 4.98 Å². The lowest BCUT2D eigenvalue weighted by Gasteiger charge is -2.05. The first kappa shape index (κ1) is 25.1. The highest BCUT2D eigenvalue weighted by atomic mass is 35.5. The lowest BCUT2D eigenvalue weighted by Crippen LogP contribution is -2.19. The maximum absolute atomic E-state index is 12.8. The first-order chi connectivity index (χ1) is 16.1. The SMILES string of the molecule is COc1ccc(-c2nc(C(N)C(=O)C=Cc3cccnc3)sc2-c2ccc(OC)cc2)cc1.Cl. The van der Waals surface area contributed by atoms with Gasteiger partial charge >= 0.3 is 0 Å². The van der Waals surface area contributed by atoms with E-state index in [0.29, 0.717) is 5.01 Å². The lowest BCUT2D eigenvalue weighted by atomic mass is 10.1. The summed E-state index contributed by atoms with van der Waals surface area (Å²) >= 11 is 1.41. The van der Waals surface area contributed by atoms with E-state index in [1.54, 1.807) is 32.7 Å². The largest absolute Gasteiger partial charge is 0.497 e. The fourth-order valence-electron chi connectivity index (χ4n) is 3.23. The van der Waals surface area contributed by atoms with Crippen LogP contribution in [0, 0.1) is 0 Å². The van der Waals surface area contributed by atoms with Crippen molar-refractivity contribution in [1.29, 1.82) is 0 Å². The van der Waals surface area contributed by atoms with Crippen LogP contribution in [0.4, 0.5) is 0 Å². The molecule has 34 heavy (non-hydrogen) atoms. The van der Waals surface area contributed by atoms with Gasteiger partial charge in [-0.3, -0.25) is 9.78 Å². The fourth-order valence-corrected chi connectivity index (χ4v) is 4.33. The van der Waals surface area contributed by atoms with Crippen LogP contribution in [-0.2, 0) is 4.79 Å². The van der Waals surface area contributed by atoms with Crippen LogP contribution in [0.5, 0.6) is 11.5 Å². The van der Waals surface area contributed by atoms with Gasteiger partial charge in [-0.1, -0.05) is 6.07 Å². The number of thiazole rings is 1. The number of nitrogens with two attached hydrogens (primary N) is 1. The monoisotopic (exact) mass is 493 g/mol. The highest BCUT2D eigenvalue weighted by Gasteiger charge is 2.22. The number of hydrogen-bond donors (Lipinski definition) is 1. The Morgan fingerprint density at radius 1 is 0.971 bits per heavy atom. The molecule has 2 aromatic carbocycles. The third-order valence-electron chi connectivity index (χ3n) is 5.06. The van der Waals surface area contributed by atoms with E-state index < -0.39 is 6.04 Å². The van der Waals surface area contributed by atoms with Crippen LogP contribution in [0.2, 0.25) is 0 Å². The van der Waals surface area contributed by atoms with Crippen molar-refractivity contribution in [3.63, 3.8) is 0 Å². The fraction of sp³-hybridized carbons (Fsp3) is 0.115. The van der Waals surface area contributed by atoms with Gasteiger partial charge in [0.2, 0.25) is 0 Å². The smallest absolute Gasteiger partial charge is 0.179 e. The number of carbonyl (C=O) groups excluding carboxylic acids is 1. The van der Waals surface area contributed by atoms with Gasteiger partial charge in [-0.15, -0.1) is 23.7 Å². The molecule has 0 saturated carbocycles. The minimum atomic E-state index is -0.869. The molecule has 4 rings (SSSR count). The van der Waals surface area contributed by atoms with Crippen LogP contribution >= 0.6 is 23.7 Å². The molecule has 4 aromatic rings. The minimum absolute atomic E-state index is 0. The Kier molecular flexibility index (Phi) is 8.54. The van der Waals surface area contributed by atoms with Gasteiger partial charge in [0.15, 0.2) is 5.78 Å². The van der Waals surface area contributed by atoms with Crippen molar-refractivity contribution in [3.8, 4) is 33.2 Å². The Labute approximate surface area is 208 Å². The van der Waals surface area contributed by atoms with Crippen molar-refractivity contribution in [1.82, 2.24) is 9.97 Å². The van der Waals surface area contributed by atoms with Gasteiger partial charge in [-0.2, -0.15) is 0 Å². The molecule has 0 radical (unpaired) electrons. The van der Waals surface area contributed by atoms with Crippen molar-refractivity contribution in [2.45, 2.75) is 6.04 Å². The number of nitrogens with zero attached hydrogens (tertiary/aromatic N) is 2. The standard InChI is InChI=1S/C26H23N3O3S.ClH/c1-31-20-10-6-18(7-11-20)24-25(19-8-12-21(32-2)13-9-19)33-26(29-24)23(27)22(30)14-5-17-4-3-15-28-16-17;/h3-16,23H,27H2,1-2H3;1H. The van der Waals surface area contributed by atoms with Crippen LogP contribution in [-0.4, -0.2) is 30.0 Å². The molecule has 0 amide bonds. The summed E-state index contributed by atoms with van der Waals surface area (Å²) in [5.41, 5.74) is 9.80. The molecule has 0 aliphatic rings. The van der Waals surface area contributed by atoms with Gasteiger partial charge in [0.05, 0.1) is 24.8 Å². The number of pyridine rings is 1. The highest BCUT2D eigenvalue weighted by molar-refractivity contribution is 7.16. The number of benzene rings is 2. The van der Waals surface area contributed by atoms with E-state index in [4.69, 9.17) is 20.2 Å². The summed E-state index contributed by atoms with van der Waals surface area (Å²) in [7, 11) is 3.26. The van der Waals surface area contributed by atoms with Gasteiger partial charge in [-0.05, 0) is 77.9 Å². The van der Waals surface area contributed by atoms with Crippen LogP contribution in [0.3, 0.4) is 0 Å². The van der Waals surface area contributed by atoms with Gasteiger partial charge in [0.25, 0.3) is 0 Å². The maximum Gasteiger partial charge on any atom is 0.179 e. The van der Waals surface area contributed by atoms with Gasteiger partial charge in [0, 0.05) is 18.0 Å². The summed E-state index contributed by atoms with van der Waals surface area (Å²) < 4.78 is 10.6. The van der Waals surface area contributed by atoms with Gasteiger partial charge in [0.1, 0.15) is 22.5 Å². The molecule has 0 spiro atoms. The molecule has 6 nitrogen and oxygen atoms in total. The average molecular weight is 494 g/mol. The number of halogens is 1. The third kappa shape index (κ3) is 5.69. The molecule has 1 atom stereocenters. The molecule has 8 heteroatoms. The molecule has 1 unspecified atom stereocenters. The van der Waals surface area contributed by atoms with Crippen LogP contribution < -0.4 is 15.2 Å². The molecule has 2 aromatic heterocycles. The van der Waals surface area contributed by atoms with Crippen LogP contribution in [0.15, 0.2) is 79.1 Å². The molecular formula is C26H24ClN3O3S. The molecule has 174 valence electrons. The molecular weight excluding hydrogens is 470 g/mol. The van der Waals surface area contributed by atoms with E-state index in [2.05, 4.69) is 4.98 Å². The number of hydrogen-bond acceptors (Lipinski definition) is 7. The third-order valence-corrected chi connectivity index (χ3v) is 6.24. The molecule has 2 N–H and O–H groups in total. The summed E-state index contributed by atoms with van der Waals surface area (Å²) in [5.74, 6) is 1.30. The number of ether oxygens (including phenoxy) is 2. The lowest BCUT2D eigenvalue weighted by molar-refractivity contribution is -0.115. The normalized spacial score (nSPS) is 11.6. The Balaban J connectivity index is 0.00000324. The van der Waals surface area contributed by atoms with Crippen molar-refractivity contribution >= 4 is 35.6 Å². The topological polar surface area (TPSA) is 87.3 Å². The molecule has 0 saturated heterocycles. The number of methoxy groups -OCH3 is 2. The number of rotatable bonds is 8. The first-order valence-electron chi connectivity index (χ1n) is 10.3. The minimum Gasteiger partial charge on any atom is -0.497 e. The van der Waals surface area contributed by atoms with E-state index in [-0.39, 0.29) is 18.2 Å². The predicted octanol–water partition coefficient (Wildman–Crippen LogP) is 5.59. The summed E-state index contributed by atoms with van der Waals surface area (Å²) in [6.07, 6.45) is 6.55. The Bertz CT molecular complexity index is 1190. The van der Waals surface area contributed by atoms with Crippen LogP contribution in [0.1, 0.15) is 16.6 Å². The summed E-state index contributed by atoms with van der Waals surface area (Å²) in [6.45, 7) is 0. The zero-order valence-corrected chi connectivity index (χ0v) is 20.3. The van der Waals surface area contributed by atoms with E-state index in [1.165, 1.54) is 17.4 Å². The van der Waals surface area contributed by atoms with Crippen molar-refractivity contribution in [2.75, 3.05) is 14.2 Å². The van der Waals surface area contributed by atoms with E-state index in [0.717, 1.165) is 38.8 Å². The second kappa shape index (κ2) is 11.6. The number of aromatic nitrogens is 2. The molecule has 0 fully saturated rings. The average Bonchev–Trinajstić information content (AvgIpc) is 3.33. The van der Waals surface area contributed by atoms with Crippen molar-refractivity contribution in [2.24, 2.45) is 5.73 Å². The second-order valence-electron chi connectivity index (χ2n) is 7.19. The predicted molar refractivity (Wildman–Crippen MR) is 139 cm³/mol. The van der Waals surface area contributed by atoms with E-state index >= 15 is 0 Å². The van der Waals surface area contributed by atoms with Crippen molar-refractivity contribution in [3.05, 3.63) is 89.7 Å². The van der Waals surface area contributed by atoms with Gasteiger partial charge < -0.3 is 15.2 Å². The van der Waals surface area contributed by atoms with Crippen molar-refractivity contribution < 1.29 is 14.3 Å². The second-order valence-corrected chi connectivity index (χ2v) is 8.22. The number of ketones is 1. The first-order valence-corrected chi connectivity index (χ1v) is 11.1. The Hall–Kier alpha value is -3.52. The van der Waals surface area contributed by atoms with E-state index in [1.807, 2.05) is 60.7 Å². The van der Waals surface area contributed by atoms with E-state index in [9.17, 15) is 4.79 Å². The summed E-state index contributed by atoms with van der Waals surface area (Å²) in [5, 5.41) is 0.549. The Morgan fingerprint density at radius 2 is 1.59 bits per heavy atom. The zero-order valence-electron chi connectivity index (χ0n) is 18.7. The summed E-state index contributed by atoms with van der Waals surface area (Å²) in [4.78, 5) is 22.5. The summed E-state index contributed by atoms with van der Waals surface area (Å²) in [6, 6.07) is 18.2. The Morgan fingerprint density at radius 3 is 2.15 bits per heavy atom. The molecule has 0 bridgehead atoms. The molecule has 2 heterocycles. The highest BCUT2D eigenvalue weighted by Crippen LogP contribution is 2.39. The van der Waals surface area contributed by atoms with Crippen LogP contribution in [0.25, 0.3) is 27.8 Å². The zero-order chi connectivity index (χ0) is 23.2. The quantitative estimate of drug-likeness (QED) is 0.322. The molecule has 0 aliphatic carbocycles. The number of carbonyl (C=O) groups is 1. The maximum atomic E-state index is 12.8.